The van der Waals surface area contributed by atoms with Gasteiger partial charge in [0, 0.05) is 18.3 Å². The minimum absolute atomic E-state index is 0.0990. The van der Waals surface area contributed by atoms with Gasteiger partial charge in [-0.3, -0.25) is 4.98 Å². The molecule has 22 heavy (non-hydrogen) atoms. The van der Waals surface area contributed by atoms with Crippen molar-refractivity contribution in [1.82, 2.24) is 4.98 Å². The second-order valence-electron chi connectivity index (χ2n) is 6.63. The van der Waals surface area contributed by atoms with E-state index in [-0.39, 0.29) is 13.0 Å². The highest BCUT2D eigenvalue weighted by Crippen LogP contribution is 2.36. The van der Waals surface area contributed by atoms with Crippen LogP contribution in [0.1, 0.15) is 45.9 Å². The fraction of sp³-hybridized carbons (Fsp3) is 0.667. The molecule has 0 aromatic carbocycles. The van der Waals surface area contributed by atoms with Crippen molar-refractivity contribution in [2.24, 2.45) is 0 Å². The zero-order valence-corrected chi connectivity index (χ0v) is 13.5. The molecule has 0 saturated carbocycles. The van der Waals surface area contributed by atoms with Crippen LogP contribution >= 0.6 is 0 Å². The SMILES string of the molecule is CC1(C)OB(c2ccc(C(O)C(O)CCO)nc2)OC1(C)C. The van der Waals surface area contributed by atoms with Crippen LogP contribution in [0.25, 0.3) is 0 Å². The van der Waals surface area contributed by atoms with Gasteiger partial charge in [0.25, 0.3) is 0 Å². The number of nitrogens with zero attached hydrogens (tertiary/aromatic N) is 1. The Balaban J connectivity index is 2.10. The summed E-state index contributed by atoms with van der Waals surface area (Å²) in [6.07, 6.45) is -0.492. The van der Waals surface area contributed by atoms with E-state index in [0.717, 1.165) is 5.46 Å². The van der Waals surface area contributed by atoms with E-state index in [1.807, 2.05) is 27.7 Å². The van der Waals surface area contributed by atoms with Crippen LogP contribution in [0.5, 0.6) is 0 Å². The maximum Gasteiger partial charge on any atom is 0.496 e. The van der Waals surface area contributed by atoms with Crippen LogP contribution in [0.3, 0.4) is 0 Å². The molecule has 0 spiro atoms. The summed E-state index contributed by atoms with van der Waals surface area (Å²) in [5, 5.41) is 28.4. The van der Waals surface area contributed by atoms with Crippen molar-refractivity contribution in [2.45, 2.75) is 57.5 Å². The number of hydrogen-bond acceptors (Lipinski definition) is 6. The van der Waals surface area contributed by atoms with Crippen molar-refractivity contribution in [3.63, 3.8) is 0 Å². The fourth-order valence-electron chi connectivity index (χ4n) is 2.20. The number of aromatic nitrogens is 1. The highest BCUT2D eigenvalue weighted by molar-refractivity contribution is 6.62. The molecule has 3 N–H and O–H groups in total. The lowest BCUT2D eigenvalue weighted by atomic mass is 9.80. The minimum Gasteiger partial charge on any atom is -0.399 e. The first-order chi connectivity index (χ1) is 10.2. The quantitative estimate of drug-likeness (QED) is 0.671. The summed E-state index contributed by atoms with van der Waals surface area (Å²) < 4.78 is 11.9. The monoisotopic (exact) mass is 309 g/mol. The summed E-state index contributed by atoms with van der Waals surface area (Å²) in [6, 6.07) is 3.39. The molecular formula is C15H24BNO5. The third-order valence-corrected chi connectivity index (χ3v) is 4.43. The smallest absolute Gasteiger partial charge is 0.399 e. The molecule has 122 valence electrons. The molecule has 0 radical (unpaired) electrons. The average Bonchev–Trinajstić information content (AvgIpc) is 2.67. The summed E-state index contributed by atoms with van der Waals surface area (Å²) in [5.74, 6) is 0. The largest absolute Gasteiger partial charge is 0.496 e. The third-order valence-electron chi connectivity index (χ3n) is 4.43. The Bertz CT molecular complexity index is 489. The van der Waals surface area contributed by atoms with Crippen LogP contribution < -0.4 is 5.46 Å². The lowest BCUT2D eigenvalue weighted by molar-refractivity contribution is 0.00193. The summed E-state index contributed by atoms with van der Waals surface area (Å²) in [7, 11) is -0.508. The number of pyridine rings is 1. The van der Waals surface area contributed by atoms with Crippen molar-refractivity contribution in [3.05, 3.63) is 24.0 Å². The molecule has 1 aliphatic heterocycles. The first-order valence-corrected chi connectivity index (χ1v) is 7.46. The predicted octanol–water partition coefficient (Wildman–Crippen LogP) is 0.157. The van der Waals surface area contributed by atoms with Crippen LogP contribution in [0.2, 0.25) is 0 Å². The van der Waals surface area contributed by atoms with Gasteiger partial charge in [-0.15, -0.1) is 0 Å². The number of aliphatic hydroxyl groups excluding tert-OH is 3. The molecular weight excluding hydrogens is 285 g/mol. The van der Waals surface area contributed by atoms with Gasteiger partial charge in [-0.05, 0) is 40.2 Å². The first-order valence-electron chi connectivity index (χ1n) is 7.46. The van der Waals surface area contributed by atoms with E-state index in [9.17, 15) is 10.2 Å². The molecule has 1 aliphatic rings. The summed E-state index contributed by atoms with van der Waals surface area (Å²) in [6.45, 7) is 7.71. The van der Waals surface area contributed by atoms with E-state index >= 15 is 0 Å². The molecule has 1 saturated heterocycles. The Labute approximate surface area is 131 Å². The molecule has 6 nitrogen and oxygen atoms in total. The molecule has 0 aliphatic carbocycles. The van der Waals surface area contributed by atoms with Crippen LogP contribution in [0.15, 0.2) is 18.3 Å². The second-order valence-corrected chi connectivity index (χ2v) is 6.63. The molecule has 0 bridgehead atoms. The van der Waals surface area contributed by atoms with Gasteiger partial charge in [0.15, 0.2) is 0 Å². The zero-order valence-electron chi connectivity index (χ0n) is 13.5. The van der Waals surface area contributed by atoms with E-state index in [0.29, 0.717) is 5.69 Å². The van der Waals surface area contributed by atoms with Crippen molar-refractivity contribution in [3.8, 4) is 0 Å². The van der Waals surface area contributed by atoms with Crippen LogP contribution in [-0.4, -0.2) is 51.3 Å². The lowest BCUT2D eigenvalue weighted by Gasteiger charge is -2.32. The van der Waals surface area contributed by atoms with Crippen LogP contribution in [0, 0.1) is 0 Å². The topological polar surface area (TPSA) is 92.0 Å². The Morgan fingerprint density at radius 3 is 2.18 bits per heavy atom. The maximum atomic E-state index is 9.96. The number of aliphatic hydroxyl groups is 3. The van der Waals surface area contributed by atoms with Gasteiger partial charge < -0.3 is 24.6 Å². The number of hydrogen-bond donors (Lipinski definition) is 3. The lowest BCUT2D eigenvalue weighted by Crippen LogP contribution is -2.41. The Hall–Kier alpha value is -0.985. The summed E-state index contributed by atoms with van der Waals surface area (Å²) in [5.41, 5.74) is 0.257. The Morgan fingerprint density at radius 1 is 1.14 bits per heavy atom. The van der Waals surface area contributed by atoms with Crippen LogP contribution in [-0.2, 0) is 9.31 Å². The van der Waals surface area contributed by atoms with Crippen LogP contribution in [0.4, 0.5) is 0 Å². The maximum absolute atomic E-state index is 9.96. The van der Waals surface area contributed by atoms with Gasteiger partial charge in [0.2, 0.25) is 0 Å². The van der Waals surface area contributed by atoms with Gasteiger partial charge >= 0.3 is 7.12 Å². The molecule has 2 rings (SSSR count). The number of rotatable bonds is 5. The van der Waals surface area contributed by atoms with E-state index in [2.05, 4.69) is 4.98 Å². The summed E-state index contributed by atoms with van der Waals surface area (Å²) in [4.78, 5) is 4.17. The van der Waals surface area contributed by atoms with Crippen molar-refractivity contribution >= 4 is 12.6 Å². The van der Waals surface area contributed by atoms with E-state index in [1.54, 1.807) is 18.3 Å². The van der Waals surface area contributed by atoms with Gasteiger partial charge in [0.05, 0.1) is 23.0 Å². The standard InChI is InChI=1S/C15H24BNO5/c1-14(2)15(3,4)22-16(21-14)10-5-6-11(17-9-10)13(20)12(19)7-8-18/h5-6,9,12-13,18-20H,7-8H2,1-4H3. The predicted molar refractivity (Wildman–Crippen MR) is 82.6 cm³/mol. The second kappa shape index (κ2) is 6.25. The third kappa shape index (κ3) is 3.34. The van der Waals surface area contributed by atoms with Gasteiger partial charge in [-0.1, -0.05) is 6.07 Å². The normalized spacial score (nSPS) is 22.6. The van der Waals surface area contributed by atoms with Crippen molar-refractivity contribution < 1.29 is 24.6 Å². The molecule has 1 aromatic heterocycles. The Kier molecular flexibility index (Phi) is 4.94. The van der Waals surface area contributed by atoms with Gasteiger partial charge in [-0.25, -0.2) is 0 Å². The highest BCUT2D eigenvalue weighted by atomic mass is 16.7. The molecule has 0 amide bonds. The average molecular weight is 309 g/mol. The van der Waals surface area contributed by atoms with E-state index in [4.69, 9.17) is 14.4 Å². The first kappa shape index (κ1) is 17.4. The molecule has 7 heteroatoms. The minimum atomic E-state index is -1.13. The zero-order chi connectivity index (χ0) is 16.5. The van der Waals surface area contributed by atoms with E-state index in [1.165, 1.54) is 0 Å². The Morgan fingerprint density at radius 2 is 1.73 bits per heavy atom. The molecule has 1 aromatic rings. The van der Waals surface area contributed by atoms with Gasteiger partial charge in [-0.2, -0.15) is 0 Å². The van der Waals surface area contributed by atoms with Crippen molar-refractivity contribution in [2.75, 3.05) is 6.61 Å². The molecule has 2 atom stereocenters. The van der Waals surface area contributed by atoms with Gasteiger partial charge in [0.1, 0.15) is 6.10 Å². The van der Waals surface area contributed by atoms with E-state index < -0.39 is 30.5 Å². The molecule has 2 heterocycles. The molecule has 1 fully saturated rings. The fourth-order valence-corrected chi connectivity index (χ4v) is 2.20. The molecule has 2 unspecified atom stereocenters. The van der Waals surface area contributed by atoms with Crippen molar-refractivity contribution in [1.29, 1.82) is 0 Å². The highest BCUT2D eigenvalue weighted by Gasteiger charge is 2.51. The summed E-state index contributed by atoms with van der Waals surface area (Å²) >= 11 is 0.